The van der Waals surface area contributed by atoms with Crippen molar-refractivity contribution in [1.29, 1.82) is 0 Å². The lowest BCUT2D eigenvalue weighted by Gasteiger charge is -2.16. The Labute approximate surface area is 116 Å². The van der Waals surface area contributed by atoms with Crippen LogP contribution >= 0.6 is 11.6 Å². The van der Waals surface area contributed by atoms with Gasteiger partial charge in [-0.1, -0.05) is 25.4 Å². The van der Waals surface area contributed by atoms with Crippen LogP contribution in [0.4, 0.5) is 0 Å². The standard InChI is InChI=1S/C13H16ClNO4/c1-7(2)5-10(13(18)19)15-12(17)8-3-4-11(16)9(14)6-8/h3-4,6-7,10,16H,5H2,1-2H3,(H,15,17)(H,18,19)/t10-/m1/s1. The Morgan fingerprint density at radius 1 is 1.37 bits per heavy atom. The number of carboxylic acids is 1. The smallest absolute Gasteiger partial charge is 0.326 e. The van der Waals surface area contributed by atoms with Gasteiger partial charge in [-0.25, -0.2) is 4.79 Å². The predicted octanol–water partition coefficient (Wildman–Crippen LogP) is 2.27. The van der Waals surface area contributed by atoms with Gasteiger partial charge < -0.3 is 15.5 Å². The van der Waals surface area contributed by atoms with Crippen LogP contribution in [-0.2, 0) is 4.79 Å². The molecule has 3 N–H and O–H groups in total. The fraction of sp³-hybridized carbons (Fsp3) is 0.385. The molecule has 0 unspecified atom stereocenters. The molecule has 0 aliphatic carbocycles. The maximum absolute atomic E-state index is 11.9. The van der Waals surface area contributed by atoms with Gasteiger partial charge in [-0.3, -0.25) is 4.79 Å². The number of hydrogen-bond donors (Lipinski definition) is 3. The quantitative estimate of drug-likeness (QED) is 0.774. The van der Waals surface area contributed by atoms with E-state index in [1.54, 1.807) is 0 Å². The molecule has 0 spiro atoms. The second kappa shape index (κ2) is 6.43. The molecule has 104 valence electrons. The second-order valence-electron chi connectivity index (χ2n) is 4.66. The summed E-state index contributed by atoms with van der Waals surface area (Å²) in [7, 11) is 0. The first-order valence-electron chi connectivity index (χ1n) is 5.83. The molecule has 19 heavy (non-hydrogen) atoms. The molecule has 0 heterocycles. The van der Waals surface area contributed by atoms with Gasteiger partial charge in [-0.15, -0.1) is 0 Å². The van der Waals surface area contributed by atoms with E-state index in [9.17, 15) is 14.7 Å². The SMILES string of the molecule is CC(C)C[C@@H](NC(=O)c1ccc(O)c(Cl)c1)C(=O)O. The summed E-state index contributed by atoms with van der Waals surface area (Å²) in [6, 6.07) is 3.01. The molecule has 1 aromatic rings. The highest BCUT2D eigenvalue weighted by Gasteiger charge is 2.21. The van der Waals surface area contributed by atoms with Crippen molar-refractivity contribution in [3.05, 3.63) is 28.8 Å². The summed E-state index contributed by atoms with van der Waals surface area (Å²) in [5.74, 6) is -1.60. The molecular formula is C13H16ClNO4. The summed E-state index contributed by atoms with van der Waals surface area (Å²) in [5.41, 5.74) is 0.206. The number of carbonyl (C=O) groups is 2. The van der Waals surface area contributed by atoms with Crippen LogP contribution in [0.2, 0.25) is 5.02 Å². The van der Waals surface area contributed by atoms with E-state index in [-0.39, 0.29) is 22.3 Å². The largest absolute Gasteiger partial charge is 0.506 e. The number of halogens is 1. The van der Waals surface area contributed by atoms with Crippen molar-refractivity contribution in [2.24, 2.45) is 5.92 Å². The molecule has 1 atom stereocenters. The topological polar surface area (TPSA) is 86.6 Å². The van der Waals surface area contributed by atoms with Crippen molar-refractivity contribution >= 4 is 23.5 Å². The average molecular weight is 286 g/mol. The lowest BCUT2D eigenvalue weighted by molar-refractivity contribution is -0.139. The Balaban J connectivity index is 2.81. The normalized spacial score (nSPS) is 12.2. The Hall–Kier alpha value is -1.75. The van der Waals surface area contributed by atoms with Crippen molar-refractivity contribution in [3.8, 4) is 5.75 Å². The number of hydrogen-bond acceptors (Lipinski definition) is 3. The lowest BCUT2D eigenvalue weighted by Crippen LogP contribution is -2.41. The van der Waals surface area contributed by atoms with Crippen molar-refractivity contribution in [2.45, 2.75) is 26.3 Å². The number of nitrogens with one attached hydrogen (secondary N) is 1. The molecule has 0 saturated heterocycles. The van der Waals surface area contributed by atoms with E-state index in [2.05, 4.69) is 5.32 Å². The van der Waals surface area contributed by atoms with Crippen LogP contribution in [0.15, 0.2) is 18.2 Å². The lowest BCUT2D eigenvalue weighted by atomic mass is 10.0. The van der Waals surface area contributed by atoms with Crippen LogP contribution in [-0.4, -0.2) is 28.1 Å². The fourth-order valence-corrected chi connectivity index (χ4v) is 1.76. The zero-order chi connectivity index (χ0) is 14.6. The number of rotatable bonds is 5. The first kappa shape index (κ1) is 15.3. The Morgan fingerprint density at radius 2 is 2.00 bits per heavy atom. The molecule has 0 fully saturated rings. The van der Waals surface area contributed by atoms with E-state index in [4.69, 9.17) is 16.7 Å². The van der Waals surface area contributed by atoms with Gasteiger partial charge in [-0.05, 0) is 30.5 Å². The zero-order valence-corrected chi connectivity index (χ0v) is 11.4. The maximum Gasteiger partial charge on any atom is 0.326 e. The Kier molecular flexibility index (Phi) is 5.18. The molecule has 1 amide bonds. The van der Waals surface area contributed by atoms with Gasteiger partial charge >= 0.3 is 5.97 Å². The number of benzene rings is 1. The highest BCUT2D eigenvalue weighted by molar-refractivity contribution is 6.32. The monoisotopic (exact) mass is 285 g/mol. The zero-order valence-electron chi connectivity index (χ0n) is 10.7. The molecule has 0 aliphatic heterocycles. The number of aromatic hydroxyl groups is 1. The third-order valence-corrected chi connectivity index (χ3v) is 2.82. The van der Waals surface area contributed by atoms with E-state index in [1.165, 1.54) is 18.2 Å². The van der Waals surface area contributed by atoms with E-state index >= 15 is 0 Å². The average Bonchev–Trinajstić information content (AvgIpc) is 2.31. The molecule has 1 rings (SSSR count). The molecule has 0 bridgehead atoms. The van der Waals surface area contributed by atoms with E-state index in [0.29, 0.717) is 6.42 Å². The third-order valence-electron chi connectivity index (χ3n) is 2.52. The molecule has 1 aromatic carbocycles. The molecule has 6 heteroatoms. The number of carboxylic acid groups (broad SMARTS) is 1. The summed E-state index contributed by atoms with van der Waals surface area (Å²) >= 11 is 5.70. The van der Waals surface area contributed by atoms with Gasteiger partial charge in [0.1, 0.15) is 11.8 Å². The number of aliphatic carboxylic acids is 1. The summed E-state index contributed by atoms with van der Waals surface area (Å²) < 4.78 is 0. The minimum Gasteiger partial charge on any atom is -0.506 e. The minimum atomic E-state index is -1.08. The molecule has 0 aromatic heterocycles. The van der Waals surface area contributed by atoms with Gasteiger partial charge in [0.25, 0.3) is 5.91 Å². The van der Waals surface area contributed by atoms with Crippen molar-refractivity contribution in [2.75, 3.05) is 0 Å². The first-order chi connectivity index (χ1) is 8.81. The van der Waals surface area contributed by atoms with Gasteiger partial charge in [0.2, 0.25) is 0 Å². The summed E-state index contributed by atoms with van der Waals surface area (Å²) in [6.07, 6.45) is 0.340. The number of phenols is 1. The van der Waals surface area contributed by atoms with Crippen LogP contribution in [0.1, 0.15) is 30.6 Å². The number of phenolic OH excluding ortho intramolecular Hbond substituents is 1. The summed E-state index contributed by atoms with van der Waals surface area (Å²) in [6.45, 7) is 3.75. The van der Waals surface area contributed by atoms with Crippen molar-refractivity contribution in [1.82, 2.24) is 5.32 Å². The second-order valence-corrected chi connectivity index (χ2v) is 5.07. The van der Waals surface area contributed by atoms with Gasteiger partial charge in [-0.2, -0.15) is 0 Å². The molecular weight excluding hydrogens is 270 g/mol. The number of amides is 1. The Morgan fingerprint density at radius 3 is 2.47 bits per heavy atom. The highest BCUT2D eigenvalue weighted by atomic mass is 35.5. The summed E-state index contributed by atoms with van der Waals surface area (Å²) in [5, 5.41) is 20.8. The Bertz CT molecular complexity index is 488. The van der Waals surface area contributed by atoms with Crippen LogP contribution < -0.4 is 5.32 Å². The van der Waals surface area contributed by atoms with E-state index in [0.717, 1.165) is 0 Å². The number of carbonyl (C=O) groups excluding carboxylic acids is 1. The van der Waals surface area contributed by atoms with Crippen molar-refractivity contribution < 1.29 is 19.8 Å². The van der Waals surface area contributed by atoms with Crippen LogP contribution in [0.3, 0.4) is 0 Å². The van der Waals surface area contributed by atoms with Crippen molar-refractivity contribution in [3.63, 3.8) is 0 Å². The van der Waals surface area contributed by atoms with Crippen LogP contribution in [0.5, 0.6) is 5.75 Å². The summed E-state index contributed by atoms with van der Waals surface area (Å²) in [4.78, 5) is 22.9. The molecule has 0 saturated carbocycles. The fourth-order valence-electron chi connectivity index (χ4n) is 1.58. The highest BCUT2D eigenvalue weighted by Crippen LogP contribution is 2.23. The van der Waals surface area contributed by atoms with Gasteiger partial charge in [0, 0.05) is 5.56 Å². The first-order valence-corrected chi connectivity index (χ1v) is 6.21. The van der Waals surface area contributed by atoms with Crippen LogP contribution in [0, 0.1) is 5.92 Å². The minimum absolute atomic E-state index is 0.0448. The molecule has 5 nitrogen and oxygen atoms in total. The molecule has 0 radical (unpaired) electrons. The van der Waals surface area contributed by atoms with Gasteiger partial charge in [0.05, 0.1) is 5.02 Å². The maximum atomic E-state index is 11.9. The third kappa shape index (κ3) is 4.44. The van der Waals surface area contributed by atoms with Crippen LogP contribution in [0.25, 0.3) is 0 Å². The van der Waals surface area contributed by atoms with E-state index in [1.807, 2.05) is 13.8 Å². The predicted molar refractivity (Wildman–Crippen MR) is 71.5 cm³/mol. The van der Waals surface area contributed by atoms with E-state index < -0.39 is 17.9 Å². The molecule has 0 aliphatic rings. The van der Waals surface area contributed by atoms with Gasteiger partial charge in [0.15, 0.2) is 0 Å².